The van der Waals surface area contributed by atoms with E-state index >= 15 is 0 Å². The Morgan fingerprint density at radius 1 is 1.06 bits per heavy atom. The van der Waals surface area contributed by atoms with Crippen LogP contribution in [0.3, 0.4) is 0 Å². The lowest BCUT2D eigenvalue weighted by Crippen LogP contribution is -2.05. The highest BCUT2D eigenvalue weighted by atomic mass is 32.2. The van der Waals surface area contributed by atoms with Crippen molar-refractivity contribution in [3.05, 3.63) is 17.7 Å². The van der Waals surface area contributed by atoms with Gasteiger partial charge in [-0.05, 0) is 24.1 Å². The summed E-state index contributed by atoms with van der Waals surface area (Å²) >= 11 is 0. The van der Waals surface area contributed by atoms with Gasteiger partial charge in [0.2, 0.25) is 0 Å². The third-order valence-corrected chi connectivity index (χ3v) is 3.78. The molecule has 0 unspecified atom stereocenters. The van der Waals surface area contributed by atoms with Crippen LogP contribution in [0.2, 0.25) is 0 Å². The Morgan fingerprint density at radius 3 is 1.94 bits per heavy atom. The highest BCUT2D eigenvalue weighted by Gasteiger charge is 2.23. The van der Waals surface area contributed by atoms with Gasteiger partial charge in [-0.15, -0.1) is 0 Å². The maximum Gasteiger partial charge on any atom is 0.298 e. The maximum atomic E-state index is 10.9. The Morgan fingerprint density at radius 2 is 1.59 bits per heavy atom. The Bertz CT molecular complexity index is 643. The van der Waals surface area contributed by atoms with Gasteiger partial charge in [-0.2, -0.15) is 16.8 Å². The van der Waals surface area contributed by atoms with Crippen LogP contribution in [-0.2, 0) is 26.7 Å². The lowest BCUT2D eigenvalue weighted by atomic mass is 10.1. The molecule has 0 aliphatic heterocycles. The molecule has 0 aliphatic rings. The molecule has 0 aliphatic carbocycles. The molecule has 0 bridgehead atoms. The van der Waals surface area contributed by atoms with Gasteiger partial charge in [-0.3, -0.25) is 9.11 Å². The van der Waals surface area contributed by atoms with E-state index in [1.807, 2.05) is 0 Å². The lowest BCUT2D eigenvalue weighted by molar-refractivity contribution is 0.436. The summed E-state index contributed by atoms with van der Waals surface area (Å²) in [4.78, 5) is -1.66. The smallest absolute Gasteiger partial charge is 0.298 e. The minimum atomic E-state index is -4.77. The second-order valence-electron chi connectivity index (χ2n) is 3.23. The molecule has 3 N–H and O–H groups in total. The van der Waals surface area contributed by atoms with Gasteiger partial charge in [-0.1, -0.05) is 6.92 Å². The summed E-state index contributed by atoms with van der Waals surface area (Å²) < 4.78 is 61.2. The highest BCUT2D eigenvalue weighted by molar-refractivity contribution is 7.86. The molecule has 0 aromatic heterocycles. The molecule has 0 amide bonds. The molecule has 0 heterocycles. The van der Waals surface area contributed by atoms with Crippen LogP contribution in [-0.4, -0.2) is 31.0 Å². The fraction of sp³-hybridized carbons (Fsp3) is 0.250. The van der Waals surface area contributed by atoms with Crippen LogP contribution in [0, 0.1) is 0 Å². The molecule has 0 saturated carbocycles. The number of aryl methyl sites for hydroxylation is 1. The predicted octanol–water partition coefficient (Wildman–Crippen LogP) is 0.448. The molecule has 1 aromatic carbocycles. The van der Waals surface area contributed by atoms with Crippen molar-refractivity contribution >= 4 is 20.2 Å². The van der Waals surface area contributed by atoms with Gasteiger partial charge in [0.05, 0.1) is 4.90 Å². The van der Waals surface area contributed by atoms with Crippen molar-refractivity contribution < 1.29 is 31.0 Å². The lowest BCUT2D eigenvalue weighted by Gasteiger charge is -2.08. The molecule has 0 spiro atoms. The molecule has 0 radical (unpaired) electrons. The van der Waals surface area contributed by atoms with Crippen molar-refractivity contribution in [3.8, 4) is 5.75 Å². The van der Waals surface area contributed by atoms with Crippen molar-refractivity contribution in [1.82, 2.24) is 0 Å². The first-order chi connectivity index (χ1) is 7.57. The summed E-state index contributed by atoms with van der Waals surface area (Å²) in [6.45, 7) is 1.54. The molecule has 9 heteroatoms. The maximum absolute atomic E-state index is 10.9. The van der Waals surface area contributed by atoms with Crippen LogP contribution in [0.4, 0.5) is 0 Å². The third-order valence-electron chi connectivity index (χ3n) is 2.08. The SMILES string of the molecule is CCc1cc(S(=O)(=O)O)cc(S(=O)(=O)O)c1O. The Balaban J connectivity index is 3.74. The van der Waals surface area contributed by atoms with E-state index in [0.29, 0.717) is 6.07 Å². The van der Waals surface area contributed by atoms with Gasteiger partial charge < -0.3 is 5.11 Å². The number of phenols is 1. The van der Waals surface area contributed by atoms with E-state index in [-0.39, 0.29) is 12.0 Å². The van der Waals surface area contributed by atoms with Crippen molar-refractivity contribution in [2.45, 2.75) is 23.1 Å². The molecule has 0 fully saturated rings. The molecular weight excluding hydrogens is 272 g/mol. The molecule has 7 nitrogen and oxygen atoms in total. The minimum Gasteiger partial charge on any atom is -0.506 e. The second-order valence-corrected chi connectivity index (χ2v) is 6.04. The number of hydrogen-bond acceptors (Lipinski definition) is 5. The molecule has 0 saturated heterocycles. The topological polar surface area (TPSA) is 129 Å². The van der Waals surface area contributed by atoms with Crippen LogP contribution >= 0.6 is 0 Å². The van der Waals surface area contributed by atoms with E-state index in [0.717, 1.165) is 6.07 Å². The van der Waals surface area contributed by atoms with Crippen molar-refractivity contribution in [1.29, 1.82) is 0 Å². The first-order valence-corrected chi connectivity index (χ1v) is 7.26. The summed E-state index contributed by atoms with van der Waals surface area (Å²) in [5.74, 6) is -0.734. The molecule has 1 aromatic rings. The van der Waals surface area contributed by atoms with E-state index in [2.05, 4.69) is 0 Å². The van der Waals surface area contributed by atoms with E-state index in [9.17, 15) is 21.9 Å². The molecule has 1 rings (SSSR count). The first kappa shape index (κ1) is 13.9. The first-order valence-electron chi connectivity index (χ1n) is 4.38. The molecule has 17 heavy (non-hydrogen) atoms. The Hall–Kier alpha value is -1.16. The van der Waals surface area contributed by atoms with Gasteiger partial charge in [0.15, 0.2) is 0 Å². The Labute approximate surface area is 98.2 Å². The third kappa shape index (κ3) is 2.94. The molecule has 96 valence electrons. The predicted molar refractivity (Wildman–Crippen MR) is 57.1 cm³/mol. The molecule has 0 atom stereocenters. The van der Waals surface area contributed by atoms with Crippen LogP contribution in [0.1, 0.15) is 12.5 Å². The summed E-state index contributed by atoms with van der Waals surface area (Å²) in [7, 11) is -9.40. The number of phenolic OH excluding ortho intramolecular Hbond substituents is 1. The quantitative estimate of drug-likeness (QED) is 0.686. The highest BCUT2D eigenvalue weighted by Crippen LogP contribution is 2.30. The van der Waals surface area contributed by atoms with E-state index in [4.69, 9.17) is 9.11 Å². The number of benzene rings is 1. The van der Waals surface area contributed by atoms with E-state index in [1.165, 1.54) is 6.92 Å². The standard InChI is InChI=1S/C8H10O7S2/c1-2-5-3-6(16(10,11)12)4-7(8(5)9)17(13,14)15/h3-4,9H,2H2,1H3,(H,10,11,12)(H,13,14,15). The fourth-order valence-corrected chi connectivity index (χ4v) is 2.54. The van der Waals surface area contributed by atoms with Gasteiger partial charge in [0, 0.05) is 0 Å². The van der Waals surface area contributed by atoms with Crippen LogP contribution in [0.5, 0.6) is 5.75 Å². The number of aromatic hydroxyl groups is 1. The van der Waals surface area contributed by atoms with E-state index < -0.39 is 35.8 Å². The van der Waals surface area contributed by atoms with Crippen LogP contribution in [0.25, 0.3) is 0 Å². The van der Waals surface area contributed by atoms with E-state index in [1.54, 1.807) is 0 Å². The number of hydrogen-bond donors (Lipinski definition) is 3. The zero-order valence-electron chi connectivity index (χ0n) is 8.65. The van der Waals surface area contributed by atoms with Crippen LogP contribution < -0.4 is 0 Å². The average molecular weight is 282 g/mol. The summed E-state index contributed by atoms with van der Waals surface area (Å²) in [5, 5.41) is 9.50. The second kappa shape index (κ2) is 4.26. The zero-order valence-corrected chi connectivity index (χ0v) is 10.3. The largest absolute Gasteiger partial charge is 0.506 e. The monoisotopic (exact) mass is 282 g/mol. The summed E-state index contributed by atoms with van der Waals surface area (Å²) in [6.07, 6.45) is 0.123. The van der Waals surface area contributed by atoms with Crippen molar-refractivity contribution in [2.75, 3.05) is 0 Å². The van der Waals surface area contributed by atoms with Crippen molar-refractivity contribution in [2.24, 2.45) is 0 Å². The fourth-order valence-electron chi connectivity index (χ4n) is 1.25. The zero-order chi connectivity index (χ0) is 13.4. The van der Waals surface area contributed by atoms with Crippen LogP contribution in [0.15, 0.2) is 21.9 Å². The normalized spacial score (nSPS) is 12.6. The summed E-state index contributed by atoms with van der Waals surface area (Å²) in [5.41, 5.74) is -0.0206. The van der Waals surface area contributed by atoms with Gasteiger partial charge in [0.1, 0.15) is 10.6 Å². The van der Waals surface area contributed by atoms with Crippen molar-refractivity contribution in [3.63, 3.8) is 0 Å². The van der Waals surface area contributed by atoms with Gasteiger partial charge in [-0.25, -0.2) is 0 Å². The van der Waals surface area contributed by atoms with Gasteiger partial charge in [0.25, 0.3) is 20.2 Å². The molecular formula is C8H10O7S2. The van der Waals surface area contributed by atoms with Gasteiger partial charge >= 0.3 is 0 Å². The minimum absolute atomic E-state index is 0.0206. The summed E-state index contributed by atoms with van der Waals surface area (Å²) in [6, 6.07) is 1.42. The average Bonchev–Trinajstić information content (AvgIpc) is 2.14. The Kier molecular flexibility index (Phi) is 3.48. The number of rotatable bonds is 3.